The summed E-state index contributed by atoms with van der Waals surface area (Å²) in [6.45, 7) is 0.611. The van der Waals surface area contributed by atoms with Crippen LogP contribution in [0.2, 0.25) is 0 Å². The number of nitro benzene ring substituents is 1. The molecule has 0 saturated heterocycles. The highest BCUT2D eigenvalue weighted by atomic mass is 16.6. The van der Waals surface area contributed by atoms with Crippen LogP contribution in [0.5, 0.6) is 0 Å². The lowest BCUT2D eigenvalue weighted by Crippen LogP contribution is -2.11. The van der Waals surface area contributed by atoms with E-state index in [4.69, 9.17) is 9.97 Å². The second kappa shape index (κ2) is 7.70. The number of hydrogen-bond acceptors (Lipinski definition) is 5. The van der Waals surface area contributed by atoms with Crippen LogP contribution in [0.25, 0.3) is 10.9 Å². The van der Waals surface area contributed by atoms with Crippen molar-refractivity contribution in [3.63, 3.8) is 0 Å². The molecule has 6 heteroatoms. The standard InChI is InChI=1S/C21H22N4O2/c26-25(27)17-11-12-19-18(13-17)21(22-14-15-7-3-1-4-8-15)24-20(23-19)16-9-5-2-6-10-16/h1,3-4,7-8,11-13,16H,2,5-6,9-10,14H2,(H,22,23,24). The van der Waals surface area contributed by atoms with E-state index in [0.717, 1.165) is 29.7 Å². The minimum atomic E-state index is -0.380. The van der Waals surface area contributed by atoms with Gasteiger partial charge in [0.05, 0.1) is 10.4 Å². The maximum Gasteiger partial charge on any atom is 0.270 e. The smallest absolute Gasteiger partial charge is 0.270 e. The number of fused-ring (bicyclic) bond motifs is 1. The molecule has 1 aromatic heterocycles. The van der Waals surface area contributed by atoms with Gasteiger partial charge in [0.1, 0.15) is 11.6 Å². The molecule has 27 heavy (non-hydrogen) atoms. The van der Waals surface area contributed by atoms with Crippen molar-refractivity contribution in [1.29, 1.82) is 0 Å². The van der Waals surface area contributed by atoms with E-state index in [9.17, 15) is 10.1 Å². The van der Waals surface area contributed by atoms with Crippen molar-refractivity contribution in [1.82, 2.24) is 9.97 Å². The van der Waals surface area contributed by atoms with Crippen molar-refractivity contribution in [3.8, 4) is 0 Å². The Morgan fingerprint density at radius 3 is 2.56 bits per heavy atom. The van der Waals surface area contributed by atoms with Gasteiger partial charge in [-0.1, -0.05) is 49.6 Å². The predicted octanol–water partition coefficient (Wildman–Crippen LogP) is 5.20. The first-order valence-corrected chi connectivity index (χ1v) is 9.44. The Morgan fingerprint density at radius 1 is 1.04 bits per heavy atom. The van der Waals surface area contributed by atoms with Crippen LogP contribution in [-0.2, 0) is 6.54 Å². The Kier molecular flexibility index (Phi) is 4.96. The van der Waals surface area contributed by atoms with Crippen LogP contribution in [0.15, 0.2) is 48.5 Å². The first-order valence-electron chi connectivity index (χ1n) is 9.44. The molecule has 0 atom stereocenters. The number of nitro groups is 1. The van der Waals surface area contributed by atoms with Gasteiger partial charge in [0.15, 0.2) is 0 Å². The topological polar surface area (TPSA) is 81.0 Å². The Labute approximate surface area is 157 Å². The van der Waals surface area contributed by atoms with Crippen molar-refractivity contribution in [2.24, 2.45) is 0 Å². The summed E-state index contributed by atoms with van der Waals surface area (Å²) in [5.74, 6) is 1.90. The van der Waals surface area contributed by atoms with Crippen LogP contribution in [0, 0.1) is 10.1 Å². The summed E-state index contributed by atoms with van der Waals surface area (Å²) < 4.78 is 0. The Morgan fingerprint density at radius 2 is 1.81 bits per heavy atom. The molecule has 1 aliphatic carbocycles. The molecule has 0 bridgehead atoms. The van der Waals surface area contributed by atoms with Crippen LogP contribution < -0.4 is 5.32 Å². The van der Waals surface area contributed by atoms with E-state index in [2.05, 4.69) is 5.32 Å². The second-order valence-electron chi connectivity index (χ2n) is 7.06. The van der Waals surface area contributed by atoms with Crippen LogP contribution in [0.1, 0.15) is 49.4 Å². The zero-order valence-corrected chi connectivity index (χ0v) is 15.1. The summed E-state index contributed by atoms with van der Waals surface area (Å²) in [5.41, 5.74) is 1.94. The molecule has 4 rings (SSSR count). The number of hydrogen-bond donors (Lipinski definition) is 1. The van der Waals surface area contributed by atoms with E-state index in [0.29, 0.717) is 23.7 Å². The van der Waals surface area contributed by atoms with Gasteiger partial charge in [-0.05, 0) is 24.5 Å². The van der Waals surface area contributed by atoms with E-state index in [1.54, 1.807) is 12.1 Å². The number of anilines is 1. The molecule has 6 nitrogen and oxygen atoms in total. The SMILES string of the molecule is O=[N+]([O-])c1ccc2nc(C3CCCCC3)nc(NCc3ccccc3)c2c1. The Balaban J connectivity index is 1.73. The first-order chi connectivity index (χ1) is 13.2. The summed E-state index contributed by atoms with van der Waals surface area (Å²) in [6, 6.07) is 14.9. The van der Waals surface area contributed by atoms with Crippen molar-refractivity contribution in [3.05, 3.63) is 70.0 Å². The number of aromatic nitrogens is 2. The normalized spacial score (nSPS) is 15.0. The largest absolute Gasteiger partial charge is 0.365 e. The lowest BCUT2D eigenvalue weighted by molar-refractivity contribution is -0.384. The van der Waals surface area contributed by atoms with E-state index in [1.165, 1.54) is 25.3 Å². The molecule has 0 unspecified atom stereocenters. The quantitative estimate of drug-likeness (QED) is 0.498. The maximum absolute atomic E-state index is 11.2. The first kappa shape index (κ1) is 17.4. The van der Waals surface area contributed by atoms with Crippen LogP contribution in [0.4, 0.5) is 11.5 Å². The van der Waals surface area contributed by atoms with Gasteiger partial charge in [0.2, 0.25) is 0 Å². The summed E-state index contributed by atoms with van der Waals surface area (Å²) in [5, 5.41) is 15.3. The van der Waals surface area contributed by atoms with E-state index in [-0.39, 0.29) is 10.6 Å². The number of benzene rings is 2. The fourth-order valence-corrected chi connectivity index (χ4v) is 3.71. The van der Waals surface area contributed by atoms with Crippen LogP contribution >= 0.6 is 0 Å². The Hall–Kier alpha value is -3.02. The monoisotopic (exact) mass is 362 g/mol. The number of nitrogens with zero attached hydrogens (tertiary/aromatic N) is 3. The van der Waals surface area contributed by atoms with Gasteiger partial charge in [-0.3, -0.25) is 10.1 Å². The fraction of sp³-hybridized carbons (Fsp3) is 0.333. The zero-order valence-electron chi connectivity index (χ0n) is 15.1. The van der Waals surface area contributed by atoms with Gasteiger partial charge in [-0.25, -0.2) is 9.97 Å². The molecule has 1 aliphatic rings. The molecule has 1 saturated carbocycles. The molecule has 3 aromatic rings. The third-order valence-corrected chi connectivity index (χ3v) is 5.18. The molecular weight excluding hydrogens is 340 g/mol. The molecule has 1 heterocycles. The van der Waals surface area contributed by atoms with E-state index in [1.807, 2.05) is 30.3 Å². The number of non-ortho nitro benzene ring substituents is 1. The maximum atomic E-state index is 11.2. The summed E-state index contributed by atoms with van der Waals surface area (Å²) in [7, 11) is 0. The minimum Gasteiger partial charge on any atom is -0.365 e. The Bertz CT molecular complexity index is 953. The van der Waals surface area contributed by atoms with Crippen molar-refractivity contribution in [2.45, 2.75) is 44.6 Å². The van der Waals surface area contributed by atoms with Gasteiger partial charge in [0, 0.05) is 30.0 Å². The summed E-state index contributed by atoms with van der Waals surface area (Å²) >= 11 is 0. The predicted molar refractivity (Wildman–Crippen MR) is 106 cm³/mol. The average molecular weight is 362 g/mol. The summed E-state index contributed by atoms with van der Waals surface area (Å²) in [4.78, 5) is 20.4. The van der Waals surface area contributed by atoms with Crippen molar-refractivity contribution < 1.29 is 4.92 Å². The van der Waals surface area contributed by atoms with Gasteiger partial charge in [0.25, 0.3) is 5.69 Å². The number of nitrogens with one attached hydrogen (secondary N) is 1. The molecule has 0 spiro atoms. The van der Waals surface area contributed by atoms with Crippen LogP contribution in [-0.4, -0.2) is 14.9 Å². The molecule has 1 N–H and O–H groups in total. The highest BCUT2D eigenvalue weighted by Crippen LogP contribution is 2.33. The van der Waals surface area contributed by atoms with Gasteiger partial charge >= 0.3 is 0 Å². The molecule has 2 aromatic carbocycles. The lowest BCUT2D eigenvalue weighted by Gasteiger charge is -2.21. The highest BCUT2D eigenvalue weighted by molar-refractivity contribution is 5.90. The molecule has 0 radical (unpaired) electrons. The average Bonchev–Trinajstić information content (AvgIpc) is 2.72. The van der Waals surface area contributed by atoms with Gasteiger partial charge < -0.3 is 5.32 Å². The number of rotatable bonds is 5. The van der Waals surface area contributed by atoms with Gasteiger partial charge in [-0.15, -0.1) is 0 Å². The van der Waals surface area contributed by atoms with Crippen LogP contribution in [0.3, 0.4) is 0 Å². The minimum absolute atomic E-state index is 0.0549. The fourth-order valence-electron chi connectivity index (χ4n) is 3.71. The van der Waals surface area contributed by atoms with E-state index >= 15 is 0 Å². The zero-order chi connectivity index (χ0) is 18.6. The lowest BCUT2D eigenvalue weighted by atomic mass is 9.88. The molecule has 138 valence electrons. The van der Waals surface area contributed by atoms with Crippen molar-refractivity contribution >= 4 is 22.4 Å². The summed E-state index contributed by atoms with van der Waals surface area (Å²) in [6.07, 6.45) is 5.90. The van der Waals surface area contributed by atoms with E-state index < -0.39 is 0 Å². The third kappa shape index (κ3) is 3.89. The molecule has 1 fully saturated rings. The molecule has 0 amide bonds. The molecule has 0 aliphatic heterocycles. The van der Waals surface area contributed by atoms with Gasteiger partial charge in [-0.2, -0.15) is 0 Å². The highest BCUT2D eigenvalue weighted by Gasteiger charge is 2.21. The second-order valence-corrected chi connectivity index (χ2v) is 7.06. The third-order valence-electron chi connectivity index (χ3n) is 5.18. The molecular formula is C21H22N4O2. The van der Waals surface area contributed by atoms with Crippen molar-refractivity contribution in [2.75, 3.05) is 5.32 Å².